The Kier molecular flexibility index (Phi) is 5.61. The molecule has 1 atom stereocenters. The maximum absolute atomic E-state index is 13.3. The average Bonchev–Trinajstić information content (AvgIpc) is 2.91. The Labute approximate surface area is 158 Å². The molecule has 0 unspecified atom stereocenters. The molecule has 0 spiro atoms. The van der Waals surface area contributed by atoms with Crippen LogP contribution >= 0.6 is 0 Å². The predicted octanol–water partition coefficient (Wildman–Crippen LogP) is 3.76. The number of methoxy groups -OCH3 is 1. The second-order valence-electron chi connectivity index (χ2n) is 7.00. The summed E-state index contributed by atoms with van der Waals surface area (Å²) in [5.74, 6) is -0.0786. The van der Waals surface area contributed by atoms with Crippen molar-refractivity contribution < 1.29 is 24.5 Å². The first-order valence-electron chi connectivity index (χ1n) is 9.14. The monoisotopic (exact) mass is 368 g/mol. The number of ketones is 1. The minimum absolute atomic E-state index is 0.000608. The van der Waals surface area contributed by atoms with Gasteiger partial charge in [0.25, 0.3) is 0 Å². The zero-order valence-corrected chi connectivity index (χ0v) is 15.6. The number of aryl methyl sites for hydroxylation is 1. The summed E-state index contributed by atoms with van der Waals surface area (Å²) >= 11 is 0. The van der Waals surface area contributed by atoms with E-state index in [4.69, 9.17) is 4.74 Å². The molecule has 142 valence electrons. The third-order valence-corrected chi connectivity index (χ3v) is 5.30. The molecule has 2 aliphatic rings. The summed E-state index contributed by atoms with van der Waals surface area (Å²) in [4.78, 5) is 25.1. The van der Waals surface area contributed by atoms with Crippen molar-refractivity contribution in [1.29, 1.82) is 0 Å². The standard InChI is InChI=1S/C22H24O5/c1-13-5-3-8-19(27-2)20(13)22(26)16-10-9-14-6-4-7-15(24)11-17(14)21(25)18(16)12-23/h3,5,8-9,12,15,24-25H,4,6-7,10-11H2,1-2H3/t15-/m1/s1. The highest BCUT2D eigenvalue weighted by molar-refractivity contribution is 6.14. The van der Waals surface area contributed by atoms with Gasteiger partial charge in [0.1, 0.15) is 11.5 Å². The van der Waals surface area contributed by atoms with Gasteiger partial charge in [0.2, 0.25) is 0 Å². The SMILES string of the molecule is COc1cccc(C)c1C(=O)C1=C(C=O)C(O)=C2C[C@H](O)CCCC2=CC1. The Morgan fingerprint density at radius 3 is 2.81 bits per heavy atom. The maximum atomic E-state index is 13.3. The lowest BCUT2D eigenvalue weighted by atomic mass is 9.92. The molecule has 1 aromatic rings. The molecule has 5 heteroatoms. The van der Waals surface area contributed by atoms with E-state index in [2.05, 4.69) is 0 Å². The van der Waals surface area contributed by atoms with Crippen LogP contribution in [0.4, 0.5) is 0 Å². The smallest absolute Gasteiger partial charge is 0.194 e. The molecule has 0 radical (unpaired) electrons. The lowest BCUT2D eigenvalue weighted by Gasteiger charge is -2.14. The van der Waals surface area contributed by atoms with Gasteiger partial charge >= 0.3 is 0 Å². The second-order valence-corrected chi connectivity index (χ2v) is 7.00. The fraction of sp³-hybridized carbons (Fsp3) is 0.364. The summed E-state index contributed by atoms with van der Waals surface area (Å²) in [7, 11) is 1.49. The van der Waals surface area contributed by atoms with Gasteiger partial charge < -0.3 is 14.9 Å². The zero-order chi connectivity index (χ0) is 19.6. The van der Waals surface area contributed by atoms with Crippen molar-refractivity contribution in [1.82, 2.24) is 0 Å². The van der Waals surface area contributed by atoms with Crippen LogP contribution in [0, 0.1) is 6.92 Å². The third-order valence-electron chi connectivity index (χ3n) is 5.30. The van der Waals surface area contributed by atoms with Gasteiger partial charge in [-0.1, -0.05) is 18.2 Å². The summed E-state index contributed by atoms with van der Waals surface area (Å²) in [6.45, 7) is 1.81. The first-order valence-corrected chi connectivity index (χ1v) is 9.14. The number of carbonyl (C=O) groups excluding carboxylic acids is 2. The summed E-state index contributed by atoms with van der Waals surface area (Å²) in [5.41, 5.74) is 2.86. The molecule has 5 nitrogen and oxygen atoms in total. The van der Waals surface area contributed by atoms with E-state index in [1.807, 2.05) is 19.1 Å². The molecule has 2 aliphatic carbocycles. The summed E-state index contributed by atoms with van der Waals surface area (Å²) in [5, 5.41) is 20.9. The number of hydrogen-bond donors (Lipinski definition) is 2. The van der Waals surface area contributed by atoms with Crippen LogP contribution in [0.3, 0.4) is 0 Å². The molecule has 0 aromatic heterocycles. The van der Waals surface area contributed by atoms with Gasteiger partial charge in [0, 0.05) is 17.6 Å². The maximum Gasteiger partial charge on any atom is 0.194 e. The zero-order valence-electron chi connectivity index (χ0n) is 15.6. The van der Waals surface area contributed by atoms with Crippen molar-refractivity contribution in [3.05, 3.63) is 63.5 Å². The van der Waals surface area contributed by atoms with Crippen LogP contribution in [-0.4, -0.2) is 35.5 Å². The number of Topliss-reactive ketones (excluding diaryl/α,β-unsaturated/α-hetero) is 1. The van der Waals surface area contributed by atoms with Crippen LogP contribution < -0.4 is 4.74 Å². The van der Waals surface area contributed by atoms with Gasteiger partial charge in [-0.15, -0.1) is 0 Å². The van der Waals surface area contributed by atoms with E-state index in [1.165, 1.54) is 7.11 Å². The Morgan fingerprint density at radius 1 is 1.33 bits per heavy atom. The quantitative estimate of drug-likeness (QED) is 0.624. The highest BCUT2D eigenvalue weighted by Gasteiger charge is 2.29. The van der Waals surface area contributed by atoms with Gasteiger partial charge in [0.05, 0.1) is 24.4 Å². The van der Waals surface area contributed by atoms with Crippen LogP contribution in [-0.2, 0) is 4.79 Å². The van der Waals surface area contributed by atoms with Crippen LogP contribution in [0.1, 0.15) is 48.0 Å². The third kappa shape index (κ3) is 3.60. The second kappa shape index (κ2) is 7.92. The molecule has 0 heterocycles. The number of hydrogen-bond acceptors (Lipinski definition) is 5. The number of ether oxygens (including phenoxy) is 1. The van der Waals surface area contributed by atoms with Crippen molar-refractivity contribution in [2.75, 3.05) is 7.11 Å². The molecule has 0 bridgehead atoms. The van der Waals surface area contributed by atoms with E-state index in [-0.39, 0.29) is 35.5 Å². The van der Waals surface area contributed by atoms with E-state index in [1.54, 1.807) is 12.1 Å². The van der Waals surface area contributed by atoms with Crippen molar-refractivity contribution in [3.8, 4) is 5.75 Å². The van der Waals surface area contributed by atoms with Crippen molar-refractivity contribution >= 4 is 12.1 Å². The van der Waals surface area contributed by atoms with E-state index < -0.39 is 6.10 Å². The number of fused-ring (bicyclic) bond motifs is 1. The molecule has 2 N–H and O–H groups in total. The predicted molar refractivity (Wildman–Crippen MR) is 102 cm³/mol. The molecular formula is C22H24O5. The Balaban J connectivity index is 2.15. The fourth-order valence-corrected chi connectivity index (χ4v) is 3.86. The minimum Gasteiger partial charge on any atom is -0.507 e. The first-order chi connectivity index (χ1) is 13.0. The summed E-state index contributed by atoms with van der Waals surface area (Å²) < 4.78 is 5.34. The summed E-state index contributed by atoms with van der Waals surface area (Å²) in [6, 6.07) is 5.31. The molecule has 27 heavy (non-hydrogen) atoms. The molecular weight excluding hydrogens is 344 g/mol. The van der Waals surface area contributed by atoms with Crippen LogP contribution in [0.2, 0.25) is 0 Å². The Bertz CT molecular complexity index is 873. The van der Waals surface area contributed by atoms with Gasteiger partial charge in [-0.05, 0) is 49.8 Å². The van der Waals surface area contributed by atoms with E-state index in [0.29, 0.717) is 36.0 Å². The van der Waals surface area contributed by atoms with Crippen molar-refractivity contribution in [2.24, 2.45) is 0 Å². The van der Waals surface area contributed by atoms with Crippen LogP contribution in [0.15, 0.2) is 52.3 Å². The molecule has 1 saturated carbocycles. The lowest BCUT2D eigenvalue weighted by Crippen LogP contribution is -2.12. The van der Waals surface area contributed by atoms with Crippen molar-refractivity contribution in [3.63, 3.8) is 0 Å². The van der Waals surface area contributed by atoms with Crippen molar-refractivity contribution in [2.45, 2.75) is 45.1 Å². The molecule has 3 rings (SSSR count). The number of aliphatic hydroxyl groups is 2. The number of aliphatic hydroxyl groups excluding tert-OH is 2. The number of carbonyl (C=O) groups is 2. The molecule has 1 fully saturated rings. The van der Waals surface area contributed by atoms with Gasteiger partial charge in [-0.3, -0.25) is 9.59 Å². The minimum atomic E-state index is -0.560. The number of rotatable bonds is 4. The highest BCUT2D eigenvalue weighted by atomic mass is 16.5. The largest absolute Gasteiger partial charge is 0.507 e. The Hall–Kier alpha value is -2.66. The fourth-order valence-electron chi connectivity index (χ4n) is 3.86. The van der Waals surface area contributed by atoms with E-state index in [9.17, 15) is 19.8 Å². The molecule has 0 amide bonds. The lowest BCUT2D eigenvalue weighted by molar-refractivity contribution is -0.105. The highest BCUT2D eigenvalue weighted by Crippen LogP contribution is 2.37. The summed E-state index contributed by atoms with van der Waals surface area (Å²) in [6.07, 6.45) is 4.57. The number of aldehydes is 1. The normalized spacial score (nSPS) is 20.4. The van der Waals surface area contributed by atoms with E-state index in [0.717, 1.165) is 17.6 Å². The topological polar surface area (TPSA) is 83.8 Å². The van der Waals surface area contributed by atoms with E-state index >= 15 is 0 Å². The average molecular weight is 368 g/mol. The number of benzene rings is 1. The first kappa shape index (κ1) is 19.1. The molecule has 0 saturated heterocycles. The molecule has 1 aromatic carbocycles. The molecule has 0 aliphatic heterocycles. The van der Waals surface area contributed by atoms with Crippen LogP contribution in [0.5, 0.6) is 5.75 Å². The van der Waals surface area contributed by atoms with Gasteiger partial charge in [0.15, 0.2) is 12.1 Å². The number of allylic oxidation sites excluding steroid dienone is 4. The van der Waals surface area contributed by atoms with Gasteiger partial charge in [-0.25, -0.2) is 0 Å². The van der Waals surface area contributed by atoms with Crippen LogP contribution in [0.25, 0.3) is 0 Å². The van der Waals surface area contributed by atoms with Gasteiger partial charge in [-0.2, -0.15) is 0 Å². The Morgan fingerprint density at radius 2 is 2.11 bits per heavy atom.